The van der Waals surface area contributed by atoms with Crippen molar-refractivity contribution in [3.05, 3.63) is 55.7 Å². The van der Waals surface area contributed by atoms with Crippen molar-refractivity contribution in [3.63, 3.8) is 0 Å². The third-order valence-electron chi connectivity index (χ3n) is 2.36. The zero-order chi connectivity index (χ0) is 12.6. The van der Waals surface area contributed by atoms with Crippen LogP contribution in [0.15, 0.2) is 28.7 Å². The molecule has 0 aliphatic carbocycles. The fourth-order valence-corrected chi connectivity index (χ4v) is 3.34. The minimum Gasteiger partial charge on any atom is -0.204 e. The van der Waals surface area contributed by atoms with Crippen LogP contribution in [-0.4, -0.2) is 0 Å². The van der Waals surface area contributed by atoms with E-state index in [1.165, 1.54) is 17.4 Å². The zero-order valence-electron chi connectivity index (χ0n) is 8.81. The van der Waals surface area contributed by atoms with Crippen LogP contribution in [-0.2, 0) is 0 Å². The molecule has 1 atom stereocenters. The Kier molecular flexibility index (Phi) is 3.85. The molecule has 1 unspecified atom stereocenters. The molecule has 0 saturated heterocycles. The highest BCUT2D eigenvalue weighted by Crippen LogP contribution is 2.37. The maximum Gasteiger partial charge on any atom is 0.159 e. The van der Waals surface area contributed by atoms with Gasteiger partial charge in [0.25, 0.3) is 0 Å². The summed E-state index contributed by atoms with van der Waals surface area (Å²) in [6.07, 6.45) is 0. The fourth-order valence-electron chi connectivity index (χ4n) is 1.44. The van der Waals surface area contributed by atoms with Gasteiger partial charge in [-0.3, -0.25) is 0 Å². The lowest BCUT2D eigenvalue weighted by Gasteiger charge is -2.07. The van der Waals surface area contributed by atoms with Gasteiger partial charge in [0.1, 0.15) is 0 Å². The van der Waals surface area contributed by atoms with Crippen LogP contribution in [0.5, 0.6) is 0 Å². The summed E-state index contributed by atoms with van der Waals surface area (Å²) in [4.78, 5) is 2.01. The normalized spacial score (nSPS) is 12.8. The maximum absolute atomic E-state index is 13.1. The number of alkyl halides is 1. The summed E-state index contributed by atoms with van der Waals surface area (Å²) in [5.74, 6) is -1.73. The molecule has 0 saturated carbocycles. The molecule has 2 rings (SSSR count). The highest BCUT2D eigenvalue weighted by atomic mass is 79.9. The van der Waals surface area contributed by atoms with Crippen molar-refractivity contribution in [1.82, 2.24) is 0 Å². The Labute approximate surface area is 115 Å². The Morgan fingerprint density at radius 1 is 1.24 bits per heavy atom. The van der Waals surface area contributed by atoms with Crippen molar-refractivity contribution >= 4 is 38.9 Å². The van der Waals surface area contributed by atoms with Gasteiger partial charge in [-0.1, -0.05) is 6.07 Å². The fraction of sp³-hybridized carbons (Fsp3) is 0.167. The van der Waals surface area contributed by atoms with E-state index < -0.39 is 17.0 Å². The monoisotopic (exact) mass is 336 g/mol. The van der Waals surface area contributed by atoms with Crippen molar-refractivity contribution in [2.24, 2.45) is 0 Å². The molecule has 0 bridgehead atoms. The first-order valence-electron chi connectivity index (χ1n) is 4.84. The molecule has 17 heavy (non-hydrogen) atoms. The summed E-state index contributed by atoms with van der Waals surface area (Å²) in [5.41, 5.74) is 0.555. The van der Waals surface area contributed by atoms with Crippen molar-refractivity contribution in [3.8, 4) is 0 Å². The molecule has 1 heterocycles. The summed E-state index contributed by atoms with van der Waals surface area (Å²) in [7, 11) is 0. The van der Waals surface area contributed by atoms with E-state index in [-0.39, 0.29) is 0 Å². The lowest BCUT2D eigenvalue weighted by molar-refractivity contribution is 0.507. The molecule has 0 aliphatic rings. The second kappa shape index (κ2) is 5.04. The van der Waals surface area contributed by atoms with E-state index >= 15 is 0 Å². The molecule has 0 N–H and O–H groups in total. The van der Waals surface area contributed by atoms with E-state index in [9.17, 15) is 8.78 Å². The maximum atomic E-state index is 13.1. The molecule has 0 amide bonds. The van der Waals surface area contributed by atoms with Crippen LogP contribution < -0.4 is 0 Å². The molecule has 0 fully saturated rings. The molecule has 0 aliphatic heterocycles. The molecule has 0 radical (unpaired) electrons. The minimum absolute atomic E-state index is 0.458. The van der Waals surface area contributed by atoms with E-state index in [4.69, 9.17) is 11.6 Å². The molecule has 90 valence electrons. The second-order valence-electron chi connectivity index (χ2n) is 3.59. The Balaban J connectivity index is 2.36. The highest BCUT2D eigenvalue weighted by Gasteiger charge is 2.16. The van der Waals surface area contributed by atoms with Gasteiger partial charge in [0.2, 0.25) is 0 Å². The molecule has 0 spiro atoms. The zero-order valence-corrected chi connectivity index (χ0v) is 12.0. The summed E-state index contributed by atoms with van der Waals surface area (Å²) >= 11 is 11.2. The van der Waals surface area contributed by atoms with Gasteiger partial charge in [0.15, 0.2) is 11.6 Å². The van der Waals surface area contributed by atoms with E-state index in [1.807, 2.05) is 13.0 Å². The molecule has 2 aromatic rings. The standard InChI is InChI=1S/C12H8BrClF2S/c1-6-8(13)5-11(17-6)12(14)7-2-3-9(15)10(16)4-7/h2-5,12H,1H3. The number of benzene rings is 1. The van der Waals surface area contributed by atoms with Crippen molar-refractivity contribution < 1.29 is 8.78 Å². The summed E-state index contributed by atoms with van der Waals surface area (Å²) < 4.78 is 26.9. The van der Waals surface area contributed by atoms with Crippen molar-refractivity contribution in [2.45, 2.75) is 12.3 Å². The number of thiophene rings is 1. The summed E-state index contributed by atoms with van der Waals surface area (Å²) in [6, 6.07) is 5.63. The minimum atomic E-state index is -0.875. The number of halogens is 4. The number of rotatable bonds is 2. The number of hydrogen-bond donors (Lipinski definition) is 0. The Morgan fingerprint density at radius 3 is 2.47 bits per heavy atom. The average molecular weight is 338 g/mol. The molecule has 1 aromatic heterocycles. The van der Waals surface area contributed by atoms with E-state index in [1.54, 1.807) is 0 Å². The van der Waals surface area contributed by atoms with Gasteiger partial charge in [-0.05, 0) is 46.6 Å². The van der Waals surface area contributed by atoms with Crippen molar-refractivity contribution in [1.29, 1.82) is 0 Å². The second-order valence-corrected chi connectivity index (χ2v) is 6.17. The Morgan fingerprint density at radius 2 is 1.94 bits per heavy atom. The van der Waals surface area contributed by atoms with E-state index in [0.717, 1.165) is 26.4 Å². The van der Waals surface area contributed by atoms with Gasteiger partial charge >= 0.3 is 0 Å². The lowest BCUT2D eigenvalue weighted by Crippen LogP contribution is -1.93. The topological polar surface area (TPSA) is 0 Å². The van der Waals surface area contributed by atoms with Crippen LogP contribution in [0, 0.1) is 18.6 Å². The summed E-state index contributed by atoms with van der Waals surface area (Å²) in [6.45, 7) is 1.97. The molecule has 5 heteroatoms. The first-order valence-corrected chi connectivity index (χ1v) is 6.88. The van der Waals surface area contributed by atoms with Crippen LogP contribution in [0.4, 0.5) is 8.78 Å². The van der Waals surface area contributed by atoms with Gasteiger partial charge in [-0.15, -0.1) is 22.9 Å². The largest absolute Gasteiger partial charge is 0.204 e. The predicted molar refractivity (Wildman–Crippen MR) is 70.8 cm³/mol. The van der Waals surface area contributed by atoms with Crippen LogP contribution in [0.3, 0.4) is 0 Å². The van der Waals surface area contributed by atoms with Gasteiger partial charge < -0.3 is 0 Å². The third-order valence-corrected chi connectivity index (χ3v) is 5.18. The van der Waals surface area contributed by atoms with Crippen LogP contribution in [0.2, 0.25) is 0 Å². The highest BCUT2D eigenvalue weighted by molar-refractivity contribution is 9.10. The summed E-state index contributed by atoms with van der Waals surface area (Å²) in [5, 5.41) is -0.458. The van der Waals surface area contributed by atoms with Gasteiger partial charge in [-0.2, -0.15) is 0 Å². The van der Waals surface area contributed by atoms with Crippen LogP contribution in [0.25, 0.3) is 0 Å². The third kappa shape index (κ3) is 2.69. The number of aryl methyl sites for hydroxylation is 1. The first-order chi connectivity index (χ1) is 7.99. The molecular formula is C12H8BrClF2S. The van der Waals surface area contributed by atoms with E-state index in [0.29, 0.717) is 5.56 Å². The first kappa shape index (κ1) is 13.0. The average Bonchev–Trinajstić information content (AvgIpc) is 2.62. The lowest BCUT2D eigenvalue weighted by atomic mass is 10.1. The quantitative estimate of drug-likeness (QED) is 0.641. The van der Waals surface area contributed by atoms with Gasteiger partial charge in [0, 0.05) is 14.2 Å². The molecule has 0 nitrogen and oxygen atoms in total. The Hall–Kier alpha value is -0.450. The molecular weight excluding hydrogens is 330 g/mol. The molecule has 1 aromatic carbocycles. The van der Waals surface area contributed by atoms with Crippen molar-refractivity contribution in [2.75, 3.05) is 0 Å². The van der Waals surface area contributed by atoms with Crippen LogP contribution >= 0.6 is 38.9 Å². The number of hydrogen-bond acceptors (Lipinski definition) is 1. The smallest absolute Gasteiger partial charge is 0.159 e. The van der Waals surface area contributed by atoms with Gasteiger partial charge in [0.05, 0.1) is 5.38 Å². The van der Waals surface area contributed by atoms with Crippen LogP contribution in [0.1, 0.15) is 20.7 Å². The Bertz CT molecular complexity index is 534. The predicted octanol–water partition coefficient (Wildman–Crippen LogP) is 5.43. The van der Waals surface area contributed by atoms with E-state index in [2.05, 4.69) is 15.9 Å². The van der Waals surface area contributed by atoms with Gasteiger partial charge in [-0.25, -0.2) is 8.78 Å². The SMILES string of the molecule is Cc1sc(C(Cl)c2ccc(F)c(F)c2)cc1Br.